The molecule has 1 aliphatic rings. The smallest absolute Gasteiger partial charge is 0.132 e. The highest BCUT2D eigenvalue weighted by Gasteiger charge is 2.19. The number of hydrogen-bond acceptors (Lipinski definition) is 3. The summed E-state index contributed by atoms with van der Waals surface area (Å²) in [6.07, 6.45) is 2.62. The first-order valence-corrected chi connectivity index (χ1v) is 5.99. The van der Waals surface area contributed by atoms with Crippen molar-refractivity contribution in [1.82, 2.24) is 9.97 Å². The summed E-state index contributed by atoms with van der Waals surface area (Å²) in [4.78, 5) is 10.9. The van der Waals surface area contributed by atoms with E-state index >= 15 is 0 Å². The molecule has 0 atom stereocenters. The summed E-state index contributed by atoms with van der Waals surface area (Å²) in [6, 6.07) is 10.7. The van der Waals surface area contributed by atoms with Crippen LogP contribution in [0.25, 0.3) is 0 Å². The maximum Gasteiger partial charge on any atom is 0.132 e. The Morgan fingerprint density at radius 2 is 1.82 bits per heavy atom. The minimum Gasteiger partial charge on any atom is -0.348 e. The maximum absolute atomic E-state index is 4.37. The van der Waals surface area contributed by atoms with E-state index in [-0.39, 0.29) is 0 Å². The fourth-order valence-corrected chi connectivity index (χ4v) is 2.25. The molecule has 0 N–H and O–H groups in total. The highest BCUT2D eigenvalue weighted by molar-refractivity contribution is 5.47. The monoisotopic (exact) mass is 225 g/mol. The molecule has 0 fully saturated rings. The van der Waals surface area contributed by atoms with Gasteiger partial charge in [0.05, 0.1) is 0 Å². The number of anilines is 1. The molecule has 0 radical (unpaired) electrons. The number of nitrogens with zero attached hydrogens (tertiary/aromatic N) is 3. The Bertz CT molecular complexity index is 511. The Morgan fingerprint density at radius 1 is 1.12 bits per heavy atom. The third kappa shape index (κ3) is 1.88. The van der Waals surface area contributed by atoms with E-state index in [1.165, 1.54) is 11.1 Å². The molecule has 0 aliphatic carbocycles. The van der Waals surface area contributed by atoms with Gasteiger partial charge in [-0.05, 0) is 17.5 Å². The topological polar surface area (TPSA) is 29.0 Å². The summed E-state index contributed by atoms with van der Waals surface area (Å²) in [7, 11) is 0. The lowest BCUT2D eigenvalue weighted by atomic mass is 10.1. The first kappa shape index (κ1) is 10.3. The molecule has 3 rings (SSSR count). The fourth-order valence-electron chi connectivity index (χ4n) is 2.25. The molecule has 0 unspecified atom stereocenters. The highest BCUT2D eigenvalue weighted by atomic mass is 15.2. The minimum atomic E-state index is 0.955. The average Bonchev–Trinajstić information content (AvgIpc) is 2.82. The number of benzene rings is 1. The van der Waals surface area contributed by atoms with Gasteiger partial charge in [-0.1, -0.05) is 31.2 Å². The first-order valence-electron chi connectivity index (χ1n) is 5.99. The summed E-state index contributed by atoms with van der Waals surface area (Å²) in [5, 5.41) is 0. The van der Waals surface area contributed by atoms with Crippen LogP contribution >= 0.6 is 0 Å². The molecule has 0 spiro atoms. The van der Waals surface area contributed by atoms with E-state index in [9.17, 15) is 0 Å². The minimum absolute atomic E-state index is 0.955. The number of fused-ring (bicyclic) bond motifs is 1. The van der Waals surface area contributed by atoms with Crippen molar-refractivity contribution in [2.75, 3.05) is 4.90 Å². The van der Waals surface area contributed by atoms with Crippen molar-refractivity contribution in [1.29, 1.82) is 0 Å². The third-order valence-corrected chi connectivity index (χ3v) is 3.24. The van der Waals surface area contributed by atoms with Crippen molar-refractivity contribution in [3.8, 4) is 0 Å². The predicted molar refractivity (Wildman–Crippen MR) is 67.7 cm³/mol. The van der Waals surface area contributed by atoms with Crippen LogP contribution in [-0.4, -0.2) is 9.97 Å². The molecule has 86 valence electrons. The second kappa shape index (κ2) is 4.17. The van der Waals surface area contributed by atoms with Gasteiger partial charge in [0.1, 0.15) is 12.1 Å². The summed E-state index contributed by atoms with van der Waals surface area (Å²) in [6.45, 7) is 4.03. The van der Waals surface area contributed by atoms with Crippen LogP contribution in [0, 0.1) is 0 Å². The maximum atomic E-state index is 4.37. The molecule has 0 saturated carbocycles. The first-order chi connectivity index (χ1) is 8.36. The summed E-state index contributed by atoms with van der Waals surface area (Å²) in [5.41, 5.74) is 3.92. The largest absolute Gasteiger partial charge is 0.348 e. The summed E-state index contributed by atoms with van der Waals surface area (Å²) in [5.74, 6) is 1.04. The molecule has 1 aromatic carbocycles. The molecular weight excluding hydrogens is 210 g/mol. The van der Waals surface area contributed by atoms with Crippen LogP contribution in [0.15, 0.2) is 36.7 Å². The van der Waals surface area contributed by atoms with Gasteiger partial charge >= 0.3 is 0 Å². The lowest BCUT2D eigenvalue weighted by Gasteiger charge is -2.16. The van der Waals surface area contributed by atoms with Gasteiger partial charge in [-0.25, -0.2) is 9.97 Å². The molecule has 17 heavy (non-hydrogen) atoms. The zero-order valence-corrected chi connectivity index (χ0v) is 9.93. The highest BCUT2D eigenvalue weighted by Crippen LogP contribution is 2.26. The number of aryl methyl sites for hydroxylation is 1. The van der Waals surface area contributed by atoms with Gasteiger partial charge in [0, 0.05) is 24.8 Å². The zero-order valence-electron chi connectivity index (χ0n) is 9.93. The molecule has 3 heteroatoms. The van der Waals surface area contributed by atoms with Gasteiger partial charge in [0.25, 0.3) is 0 Å². The lowest BCUT2D eigenvalue weighted by molar-refractivity contribution is 0.842. The molecule has 1 aromatic heterocycles. The second-order valence-corrected chi connectivity index (χ2v) is 4.35. The molecule has 2 heterocycles. The van der Waals surface area contributed by atoms with E-state index in [4.69, 9.17) is 0 Å². The Kier molecular flexibility index (Phi) is 2.52. The molecular formula is C14H15N3. The van der Waals surface area contributed by atoms with Crippen molar-refractivity contribution < 1.29 is 0 Å². The normalized spacial score (nSPS) is 13.8. The Morgan fingerprint density at radius 3 is 2.47 bits per heavy atom. The van der Waals surface area contributed by atoms with Crippen molar-refractivity contribution in [3.05, 3.63) is 53.5 Å². The van der Waals surface area contributed by atoms with Gasteiger partial charge < -0.3 is 4.90 Å². The zero-order chi connectivity index (χ0) is 11.7. The third-order valence-electron chi connectivity index (χ3n) is 3.24. The Balaban J connectivity index is 1.88. The van der Waals surface area contributed by atoms with Gasteiger partial charge in [0.15, 0.2) is 0 Å². The quantitative estimate of drug-likeness (QED) is 0.786. The van der Waals surface area contributed by atoms with Crippen molar-refractivity contribution in [2.24, 2.45) is 0 Å². The predicted octanol–water partition coefficient (Wildman–Crippen LogP) is 2.56. The number of aromatic nitrogens is 2. The SMILES string of the molecule is CCc1cc(N2Cc3ccccc3C2)ncn1. The lowest BCUT2D eigenvalue weighted by Crippen LogP contribution is -2.16. The van der Waals surface area contributed by atoms with E-state index in [0.29, 0.717) is 0 Å². The molecule has 2 aromatic rings. The van der Waals surface area contributed by atoms with Crippen LogP contribution in [0.1, 0.15) is 23.7 Å². The van der Waals surface area contributed by atoms with E-state index in [0.717, 1.165) is 31.0 Å². The van der Waals surface area contributed by atoms with Crippen LogP contribution < -0.4 is 4.90 Å². The van der Waals surface area contributed by atoms with Gasteiger partial charge in [-0.2, -0.15) is 0 Å². The van der Waals surface area contributed by atoms with Crippen LogP contribution in [-0.2, 0) is 19.5 Å². The van der Waals surface area contributed by atoms with E-state index < -0.39 is 0 Å². The average molecular weight is 225 g/mol. The molecule has 3 nitrogen and oxygen atoms in total. The van der Waals surface area contributed by atoms with Crippen LogP contribution in [0.2, 0.25) is 0 Å². The van der Waals surface area contributed by atoms with Crippen LogP contribution in [0.5, 0.6) is 0 Å². The second-order valence-electron chi connectivity index (χ2n) is 4.35. The number of rotatable bonds is 2. The standard InChI is InChI=1S/C14H15N3/c1-2-13-7-14(16-10-15-13)17-8-11-5-3-4-6-12(11)9-17/h3-7,10H,2,8-9H2,1H3. The van der Waals surface area contributed by atoms with Crippen molar-refractivity contribution in [3.63, 3.8) is 0 Å². The Hall–Kier alpha value is -1.90. The van der Waals surface area contributed by atoms with Crippen molar-refractivity contribution in [2.45, 2.75) is 26.4 Å². The number of hydrogen-bond donors (Lipinski definition) is 0. The van der Waals surface area contributed by atoms with E-state index in [2.05, 4.69) is 52.1 Å². The Labute approximate surface area is 101 Å². The van der Waals surface area contributed by atoms with Gasteiger partial charge in [0.2, 0.25) is 0 Å². The van der Waals surface area contributed by atoms with Crippen LogP contribution in [0.3, 0.4) is 0 Å². The molecule has 1 aliphatic heterocycles. The van der Waals surface area contributed by atoms with Gasteiger partial charge in [-0.15, -0.1) is 0 Å². The van der Waals surface area contributed by atoms with E-state index in [1.807, 2.05) is 0 Å². The molecule has 0 bridgehead atoms. The van der Waals surface area contributed by atoms with E-state index in [1.54, 1.807) is 6.33 Å². The van der Waals surface area contributed by atoms with Gasteiger partial charge in [-0.3, -0.25) is 0 Å². The summed E-state index contributed by atoms with van der Waals surface area (Å²) >= 11 is 0. The fraction of sp³-hybridized carbons (Fsp3) is 0.286. The molecule has 0 amide bonds. The summed E-state index contributed by atoms with van der Waals surface area (Å²) < 4.78 is 0. The molecule has 0 saturated heterocycles. The van der Waals surface area contributed by atoms with Crippen molar-refractivity contribution >= 4 is 5.82 Å². The van der Waals surface area contributed by atoms with Crippen LogP contribution in [0.4, 0.5) is 5.82 Å².